The van der Waals surface area contributed by atoms with Crippen LogP contribution in [0.5, 0.6) is 0 Å². The van der Waals surface area contributed by atoms with Gasteiger partial charge < -0.3 is 9.64 Å². The second-order valence-corrected chi connectivity index (χ2v) is 10.6. The lowest BCUT2D eigenvalue weighted by Crippen LogP contribution is -2.38. The number of carbonyl (C=O) groups excluding carboxylic acids is 2. The molecule has 1 atom stereocenters. The molecule has 0 fully saturated rings. The average molecular weight is 471 g/mol. The van der Waals surface area contributed by atoms with Crippen LogP contribution in [0.25, 0.3) is 10.9 Å². The fourth-order valence-corrected chi connectivity index (χ4v) is 5.58. The van der Waals surface area contributed by atoms with Gasteiger partial charge in [0.05, 0.1) is 11.1 Å². The molecule has 2 aromatic carbocycles. The van der Waals surface area contributed by atoms with Gasteiger partial charge in [0.2, 0.25) is 0 Å². The number of hydrogen-bond donors (Lipinski definition) is 0. The zero-order valence-electron chi connectivity index (χ0n) is 21.0. The molecule has 3 aromatic rings. The third-order valence-corrected chi connectivity index (χ3v) is 8.29. The van der Waals surface area contributed by atoms with Crippen LogP contribution >= 0.6 is 0 Å². The molecule has 1 aromatic heterocycles. The number of pyridine rings is 1. The van der Waals surface area contributed by atoms with Crippen molar-refractivity contribution in [2.75, 3.05) is 13.2 Å². The zero-order chi connectivity index (χ0) is 24.6. The normalized spacial score (nSPS) is 17.6. The van der Waals surface area contributed by atoms with Crippen molar-refractivity contribution >= 4 is 22.8 Å². The lowest BCUT2D eigenvalue weighted by atomic mass is 9.68. The van der Waals surface area contributed by atoms with E-state index in [9.17, 15) is 9.59 Å². The quantitative estimate of drug-likeness (QED) is 0.461. The number of aromatic nitrogens is 1. The van der Waals surface area contributed by atoms with Crippen molar-refractivity contribution in [2.45, 2.75) is 59.4 Å². The Kier molecular flexibility index (Phi) is 6.35. The van der Waals surface area contributed by atoms with Crippen LogP contribution in [0.4, 0.5) is 0 Å². The van der Waals surface area contributed by atoms with Gasteiger partial charge in [-0.1, -0.05) is 69.7 Å². The van der Waals surface area contributed by atoms with Crippen molar-refractivity contribution < 1.29 is 14.3 Å². The van der Waals surface area contributed by atoms with Gasteiger partial charge in [-0.3, -0.25) is 9.78 Å². The van der Waals surface area contributed by atoms with Crippen LogP contribution < -0.4 is 0 Å². The second kappa shape index (κ2) is 9.44. The summed E-state index contributed by atoms with van der Waals surface area (Å²) < 4.78 is 5.69. The number of esters is 1. The summed E-state index contributed by atoms with van der Waals surface area (Å²) in [6, 6.07) is 16.0. The Labute approximate surface area is 207 Å². The van der Waals surface area contributed by atoms with E-state index in [0.717, 1.165) is 59.8 Å². The Morgan fingerprint density at radius 3 is 2.60 bits per heavy atom. The third kappa shape index (κ3) is 4.56. The van der Waals surface area contributed by atoms with Crippen LogP contribution in [-0.4, -0.2) is 34.9 Å². The first-order valence-corrected chi connectivity index (χ1v) is 12.8. The van der Waals surface area contributed by atoms with Gasteiger partial charge in [0.1, 0.15) is 0 Å². The second-order valence-electron chi connectivity index (χ2n) is 10.6. The lowest BCUT2D eigenvalue weighted by molar-refractivity contribution is -0.135. The molecule has 0 N–H and O–H groups in total. The Bertz CT molecular complexity index is 1280. The van der Waals surface area contributed by atoms with E-state index in [-0.39, 0.29) is 17.9 Å². The highest BCUT2D eigenvalue weighted by Crippen LogP contribution is 2.41. The Hall–Kier alpha value is -3.21. The van der Waals surface area contributed by atoms with Gasteiger partial charge >= 0.3 is 5.97 Å². The van der Waals surface area contributed by atoms with E-state index >= 15 is 0 Å². The molecule has 2 aliphatic rings. The average Bonchev–Trinajstić information content (AvgIpc) is 2.89. The molecule has 5 heteroatoms. The molecule has 0 saturated heterocycles. The van der Waals surface area contributed by atoms with Crippen molar-refractivity contribution in [3.8, 4) is 0 Å². The maximum Gasteiger partial charge on any atom is 0.339 e. The summed E-state index contributed by atoms with van der Waals surface area (Å²) in [5.41, 5.74) is 6.04. The molecule has 35 heavy (non-hydrogen) atoms. The monoisotopic (exact) mass is 470 g/mol. The van der Waals surface area contributed by atoms with Crippen molar-refractivity contribution in [1.29, 1.82) is 0 Å². The molecule has 0 radical (unpaired) electrons. The molecule has 0 spiro atoms. The van der Waals surface area contributed by atoms with E-state index < -0.39 is 5.97 Å². The van der Waals surface area contributed by atoms with Gasteiger partial charge in [0, 0.05) is 24.2 Å². The molecule has 0 saturated carbocycles. The predicted molar refractivity (Wildman–Crippen MR) is 137 cm³/mol. The topological polar surface area (TPSA) is 59.5 Å². The van der Waals surface area contributed by atoms with Gasteiger partial charge in [0.15, 0.2) is 6.61 Å². The number of rotatable bonds is 5. The van der Waals surface area contributed by atoms with Crippen LogP contribution in [0.2, 0.25) is 0 Å². The largest absolute Gasteiger partial charge is 0.452 e. The number of carbonyl (C=O) groups is 2. The van der Waals surface area contributed by atoms with Gasteiger partial charge in [-0.2, -0.15) is 0 Å². The number of amides is 1. The number of ether oxygens (including phenoxy) is 1. The smallest absolute Gasteiger partial charge is 0.339 e. The van der Waals surface area contributed by atoms with E-state index in [1.54, 1.807) is 4.90 Å². The van der Waals surface area contributed by atoms with E-state index in [1.807, 2.05) is 36.4 Å². The highest BCUT2D eigenvalue weighted by atomic mass is 16.5. The third-order valence-electron chi connectivity index (χ3n) is 8.29. The van der Waals surface area contributed by atoms with Crippen LogP contribution in [0, 0.1) is 11.3 Å². The van der Waals surface area contributed by atoms with Crippen LogP contribution in [-0.2, 0) is 35.3 Å². The molecule has 5 nitrogen and oxygen atoms in total. The first kappa shape index (κ1) is 23.5. The summed E-state index contributed by atoms with van der Waals surface area (Å²) in [6.45, 7) is 7.82. The van der Waals surface area contributed by atoms with Gasteiger partial charge in [-0.15, -0.1) is 0 Å². The summed E-state index contributed by atoms with van der Waals surface area (Å²) >= 11 is 0. The highest BCUT2D eigenvalue weighted by Gasteiger charge is 2.35. The molecule has 1 aliphatic carbocycles. The van der Waals surface area contributed by atoms with Crippen LogP contribution in [0.1, 0.15) is 66.4 Å². The molecule has 5 rings (SSSR count). The summed E-state index contributed by atoms with van der Waals surface area (Å²) in [4.78, 5) is 33.2. The van der Waals surface area contributed by atoms with Crippen LogP contribution in [0.15, 0.2) is 48.5 Å². The zero-order valence-corrected chi connectivity index (χ0v) is 21.0. The minimum atomic E-state index is -0.416. The Morgan fingerprint density at radius 2 is 1.80 bits per heavy atom. The van der Waals surface area contributed by atoms with Crippen molar-refractivity contribution in [2.24, 2.45) is 11.3 Å². The van der Waals surface area contributed by atoms with Crippen molar-refractivity contribution in [1.82, 2.24) is 9.88 Å². The standard InChI is InChI=1S/C30H34N2O3/c1-4-30(2,3)22-13-14-26-24(17-22)28(23-11-7-8-12-25(23)31-26)29(34)35-19-27(33)32-16-15-20-9-5-6-10-21(20)18-32/h5-12,22H,4,13-19H2,1-3H3. The summed E-state index contributed by atoms with van der Waals surface area (Å²) in [7, 11) is 0. The number of hydrogen-bond acceptors (Lipinski definition) is 4. The lowest BCUT2D eigenvalue weighted by Gasteiger charge is -2.37. The van der Waals surface area contributed by atoms with E-state index in [0.29, 0.717) is 24.6 Å². The highest BCUT2D eigenvalue weighted by molar-refractivity contribution is 6.05. The minimum Gasteiger partial charge on any atom is -0.452 e. The predicted octanol–water partition coefficient (Wildman–Crippen LogP) is 5.52. The van der Waals surface area contributed by atoms with E-state index in [2.05, 4.69) is 32.9 Å². The summed E-state index contributed by atoms with van der Waals surface area (Å²) in [5.74, 6) is -0.0878. The van der Waals surface area contributed by atoms with E-state index in [4.69, 9.17) is 9.72 Å². The number of para-hydroxylation sites is 1. The molecule has 1 amide bonds. The molecule has 0 bridgehead atoms. The molecule has 1 aliphatic heterocycles. The molecular formula is C30H34N2O3. The SMILES string of the molecule is CCC(C)(C)C1CCc2nc3ccccc3c(C(=O)OCC(=O)N3CCc4ccccc4C3)c2C1. The van der Waals surface area contributed by atoms with Crippen LogP contribution in [0.3, 0.4) is 0 Å². The fourth-order valence-electron chi connectivity index (χ4n) is 5.58. The first-order chi connectivity index (χ1) is 16.9. The van der Waals surface area contributed by atoms with Crippen molar-refractivity contribution in [3.05, 3.63) is 76.5 Å². The van der Waals surface area contributed by atoms with Gasteiger partial charge in [0.25, 0.3) is 5.91 Å². The van der Waals surface area contributed by atoms with E-state index in [1.165, 1.54) is 5.56 Å². The molecule has 1 unspecified atom stereocenters. The van der Waals surface area contributed by atoms with Gasteiger partial charge in [-0.25, -0.2) is 4.79 Å². The summed E-state index contributed by atoms with van der Waals surface area (Å²) in [6.07, 6.45) is 4.66. The number of aryl methyl sites for hydroxylation is 1. The number of benzene rings is 2. The maximum absolute atomic E-state index is 13.5. The Balaban J connectivity index is 1.39. The first-order valence-electron chi connectivity index (χ1n) is 12.8. The number of fused-ring (bicyclic) bond motifs is 3. The molecule has 182 valence electrons. The summed E-state index contributed by atoms with van der Waals surface area (Å²) in [5, 5.41) is 0.811. The maximum atomic E-state index is 13.5. The number of nitrogens with zero attached hydrogens (tertiary/aromatic N) is 2. The Morgan fingerprint density at radius 1 is 1.06 bits per heavy atom. The molecule has 2 heterocycles. The van der Waals surface area contributed by atoms with Gasteiger partial charge in [-0.05, 0) is 59.8 Å². The minimum absolute atomic E-state index is 0.148. The van der Waals surface area contributed by atoms with Crippen molar-refractivity contribution in [3.63, 3.8) is 0 Å². The molecular weight excluding hydrogens is 436 g/mol. The fraction of sp³-hybridized carbons (Fsp3) is 0.433.